The zero-order chi connectivity index (χ0) is 14.5. The molecule has 2 N–H and O–H groups in total. The summed E-state index contributed by atoms with van der Waals surface area (Å²) >= 11 is 0. The molecule has 0 aliphatic heterocycles. The van der Waals surface area contributed by atoms with Crippen LogP contribution in [0, 0.1) is 5.92 Å². The molecule has 0 spiro atoms. The van der Waals surface area contributed by atoms with Crippen LogP contribution in [0.25, 0.3) is 0 Å². The van der Waals surface area contributed by atoms with E-state index >= 15 is 0 Å². The summed E-state index contributed by atoms with van der Waals surface area (Å²) in [6.45, 7) is -2.64. The molecule has 1 saturated carbocycles. The maximum atomic E-state index is 12.3. The van der Waals surface area contributed by atoms with Crippen molar-refractivity contribution >= 4 is 5.91 Å². The van der Waals surface area contributed by atoms with Gasteiger partial charge in [-0.2, -0.15) is 8.78 Å². The zero-order valence-electron chi connectivity index (χ0n) is 10.9. The van der Waals surface area contributed by atoms with Gasteiger partial charge < -0.3 is 15.2 Å². The van der Waals surface area contributed by atoms with Gasteiger partial charge in [0, 0.05) is 12.5 Å². The monoisotopic (exact) mass is 285 g/mol. The number of carbonyl (C=O) groups is 1. The first-order chi connectivity index (χ1) is 9.58. The summed E-state index contributed by atoms with van der Waals surface area (Å²) in [7, 11) is 0. The van der Waals surface area contributed by atoms with Gasteiger partial charge in [0.2, 0.25) is 0 Å². The molecule has 0 radical (unpaired) electrons. The van der Waals surface area contributed by atoms with E-state index in [1.807, 2.05) is 0 Å². The number of alkyl halides is 2. The van der Waals surface area contributed by atoms with E-state index < -0.39 is 18.6 Å². The number of amides is 1. The van der Waals surface area contributed by atoms with Gasteiger partial charge in [-0.25, -0.2) is 0 Å². The second-order valence-electron chi connectivity index (χ2n) is 4.84. The van der Waals surface area contributed by atoms with Crippen LogP contribution in [0.15, 0.2) is 24.3 Å². The summed E-state index contributed by atoms with van der Waals surface area (Å²) in [5, 5.41) is 12.3. The minimum atomic E-state index is -2.97. The number of rotatable bonds is 5. The Bertz CT molecular complexity index is 467. The molecule has 6 heteroatoms. The molecule has 0 heterocycles. The Morgan fingerprint density at radius 3 is 2.80 bits per heavy atom. The van der Waals surface area contributed by atoms with Crippen LogP contribution in [0.5, 0.6) is 5.75 Å². The number of ether oxygens (including phenoxy) is 1. The Kier molecular flexibility index (Phi) is 4.89. The highest BCUT2D eigenvalue weighted by atomic mass is 19.3. The van der Waals surface area contributed by atoms with Crippen molar-refractivity contribution in [3.05, 3.63) is 29.8 Å². The lowest BCUT2D eigenvalue weighted by Crippen LogP contribution is -2.32. The Morgan fingerprint density at radius 2 is 2.15 bits per heavy atom. The van der Waals surface area contributed by atoms with E-state index in [1.165, 1.54) is 18.2 Å². The van der Waals surface area contributed by atoms with Crippen molar-refractivity contribution < 1.29 is 23.4 Å². The zero-order valence-corrected chi connectivity index (χ0v) is 10.9. The Morgan fingerprint density at radius 1 is 1.40 bits per heavy atom. The first-order valence-corrected chi connectivity index (χ1v) is 6.58. The largest absolute Gasteiger partial charge is 0.434 e. The van der Waals surface area contributed by atoms with Gasteiger partial charge in [0.1, 0.15) is 5.75 Å². The van der Waals surface area contributed by atoms with Gasteiger partial charge in [-0.15, -0.1) is 0 Å². The van der Waals surface area contributed by atoms with Crippen LogP contribution >= 0.6 is 0 Å². The molecule has 1 aromatic rings. The van der Waals surface area contributed by atoms with Crippen LogP contribution in [-0.4, -0.2) is 30.3 Å². The molecule has 110 valence electrons. The number of hydrogen-bond acceptors (Lipinski definition) is 3. The fourth-order valence-corrected chi connectivity index (χ4v) is 2.43. The quantitative estimate of drug-likeness (QED) is 0.871. The van der Waals surface area contributed by atoms with Gasteiger partial charge in [0.15, 0.2) is 0 Å². The molecule has 1 aliphatic rings. The molecule has 0 bridgehead atoms. The highest BCUT2D eigenvalue weighted by Crippen LogP contribution is 2.25. The van der Waals surface area contributed by atoms with E-state index in [1.54, 1.807) is 6.07 Å². The maximum absolute atomic E-state index is 12.3. The Labute approximate surface area is 115 Å². The van der Waals surface area contributed by atoms with Crippen molar-refractivity contribution in [2.45, 2.75) is 32.0 Å². The molecular formula is C14H17F2NO3. The predicted molar refractivity (Wildman–Crippen MR) is 68.8 cm³/mol. The topological polar surface area (TPSA) is 58.6 Å². The van der Waals surface area contributed by atoms with Crippen molar-refractivity contribution in [3.63, 3.8) is 0 Å². The van der Waals surface area contributed by atoms with Crippen molar-refractivity contribution in [1.82, 2.24) is 5.32 Å². The van der Waals surface area contributed by atoms with Crippen LogP contribution in [0.2, 0.25) is 0 Å². The molecule has 2 atom stereocenters. The summed E-state index contributed by atoms with van der Waals surface area (Å²) in [4.78, 5) is 12.0. The summed E-state index contributed by atoms with van der Waals surface area (Å²) in [6.07, 6.45) is 2.14. The van der Waals surface area contributed by atoms with Gasteiger partial charge >= 0.3 is 6.61 Å². The number of nitrogens with one attached hydrogen (secondary N) is 1. The van der Waals surface area contributed by atoms with Crippen molar-refractivity contribution in [2.24, 2.45) is 5.92 Å². The van der Waals surface area contributed by atoms with Gasteiger partial charge in [-0.05, 0) is 25.0 Å². The van der Waals surface area contributed by atoms with Gasteiger partial charge in [-0.1, -0.05) is 18.6 Å². The van der Waals surface area contributed by atoms with Crippen molar-refractivity contribution in [2.75, 3.05) is 6.54 Å². The second kappa shape index (κ2) is 6.65. The SMILES string of the molecule is O=C(NCC1CCCC1O)c1ccccc1OC(F)F. The minimum absolute atomic E-state index is 0.0297. The predicted octanol–water partition coefficient (Wildman–Crippen LogP) is 2.18. The molecule has 0 saturated heterocycles. The average Bonchev–Trinajstić information content (AvgIpc) is 2.81. The molecule has 1 aliphatic carbocycles. The third-order valence-electron chi connectivity index (χ3n) is 3.49. The third kappa shape index (κ3) is 3.66. The fourth-order valence-electron chi connectivity index (χ4n) is 2.43. The molecule has 0 aromatic heterocycles. The number of para-hydroxylation sites is 1. The summed E-state index contributed by atoms with van der Waals surface area (Å²) < 4.78 is 28.8. The Hall–Kier alpha value is -1.69. The lowest BCUT2D eigenvalue weighted by atomic mass is 10.1. The van der Waals surface area contributed by atoms with Crippen LogP contribution in [-0.2, 0) is 0 Å². The maximum Gasteiger partial charge on any atom is 0.387 e. The van der Waals surface area contributed by atoms with E-state index in [9.17, 15) is 18.7 Å². The first kappa shape index (κ1) is 14.7. The van der Waals surface area contributed by atoms with E-state index in [0.29, 0.717) is 6.54 Å². The number of hydrogen-bond donors (Lipinski definition) is 2. The van der Waals surface area contributed by atoms with Gasteiger partial charge in [0.05, 0.1) is 11.7 Å². The van der Waals surface area contributed by atoms with Crippen LogP contribution < -0.4 is 10.1 Å². The average molecular weight is 285 g/mol. The molecule has 1 fully saturated rings. The molecule has 1 aromatic carbocycles. The van der Waals surface area contributed by atoms with Crippen molar-refractivity contribution in [1.29, 1.82) is 0 Å². The molecule has 2 rings (SSSR count). The number of benzene rings is 1. The summed E-state index contributed by atoms with van der Waals surface area (Å²) in [5.74, 6) is -0.588. The molecule has 1 amide bonds. The lowest BCUT2D eigenvalue weighted by Gasteiger charge is -2.16. The number of aliphatic hydroxyl groups excluding tert-OH is 1. The van der Waals surface area contributed by atoms with E-state index in [-0.39, 0.29) is 17.2 Å². The molecule has 20 heavy (non-hydrogen) atoms. The first-order valence-electron chi connectivity index (χ1n) is 6.58. The molecule has 4 nitrogen and oxygen atoms in total. The second-order valence-corrected chi connectivity index (χ2v) is 4.84. The van der Waals surface area contributed by atoms with Gasteiger partial charge in [-0.3, -0.25) is 4.79 Å². The molecule has 2 unspecified atom stereocenters. The summed E-state index contributed by atoms with van der Waals surface area (Å²) in [6, 6.07) is 5.86. The van der Waals surface area contributed by atoms with Crippen LogP contribution in [0.4, 0.5) is 8.78 Å². The van der Waals surface area contributed by atoms with Crippen LogP contribution in [0.1, 0.15) is 29.6 Å². The normalized spacial score (nSPS) is 22.0. The van der Waals surface area contributed by atoms with Gasteiger partial charge in [0.25, 0.3) is 5.91 Å². The minimum Gasteiger partial charge on any atom is -0.434 e. The molecular weight excluding hydrogens is 268 g/mol. The number of aliphatic hydroxyl groups is 1. The number of carbonyl (C=O) groups excluding carboxylic acids is 1. The third-order valence-corrected chi connectivity index (χ3v) is 3.49. The van der Waals surface area contributed by atoms with Crippen LogP contribution in [0.3, 0.4) is 0 Å². The standard InChI is InChI=1S/C14H17F2NO3/c15-14(16)20-12-7-2-1-5-10(12)13(19)17-8-9-4-3-6-11(9)18/h1-2,5,7,9,11,14,18H,3-4,6,8H2,(H,17,19). The highest BCUT2D eigenvalue weighted by molar-refractivity contribution is 5.96. The Balaban J connectivity index is 1.98. The lowest BCUT2D eigenvalue weighted by molar-refractivity contribution is -0.0501. The van der Waals surface area contributed by atoms with E-state index in [4.69, 9.17) is 0 Å². The van der Waals surface area contributed by atoms with E-state index in [0.717, 1.165) is 19.3 Å². The van der Waals surface area contributed by atoms with Crippen molar-refractivity contribution in [3.8, 4) is 5.75 Å². The summed E-state index contributed by atoms with van der Waals surface area (Å²) in [5.41, 5.74) is 0.0697. The fraction of sp³-hybridized carbons (Fsp3) is 0.500. The smallest absolute Gasteiger partial charge is 0.387 e. The highest BCUT2D eigenvalue weighted by Gasteiger charge is 2.26. The number of halogens is 2. The van der Waals surface area contributed by atoms with E-state index in [2.05, 4.69) is 10.1 Å².